The Hall–Kier alpha value is -1.38. The minimum Gasteiger partial charge on any atom is -0.508 e. The largest absolute Gasteiger partial charge is 0.508 e. The van der Waals surface area contributed by atoms with Gasteiger partial charge in [-0.05, 0) is 25.0 Å². The Morgan fingerprint density at radius 3 is 2.14 bits per heavy atom. The lowest BCUT2D eigenvalue weighted by Gasteiger charge is -2.11. The predicted molar refractivity (Wildman–Crippen MR) is 93.2 cm³/mol. The summed E-state index contributed by atoms with van der Waals surface area (Å²) < 4.78 is 0. The van der Waals surface area contributed by atoms with Crippen LogP contribution >= 0.6 is 0 Å². The molecule has 0 aromatic heterocycles. The van der Waals surface area contributed by atoms with Crippen LogP contribution in [0.4, 0.5) is 0 Å². The Morgan fingerprint density at radius 1 is 1.00 bits per heavy atom. The normalized spacial score (nSPS) is 12.3. The summed E-state index contributed by atoms with van der Waals surface area (Å²) in [7, 11) is 0. The maximum absolute atomic E-state index is 11.0. The number of nitroso groups, excluding NO2 is 1. The Morgan fingerprint density at radius 2 is 1.59 bits per heavy atom. The van der Waals surface area contributed by atoms with Gasteiger partial charge in [0.05, 0.1) is 0 Å². The molecule has 0 radical (unpaired) electrons. The molecule has 1 N–H and O–H groups in total. The Kier molecular flexibility index (Phi) is 9.52. The molecule has 0 heterocycles. The second-order valence-electron chi connectivity index (χ2n) is 6.30. The Balaban J connectivity index is 2.20. The number of phenols is 1. The fourth-order valence-electron chi connectivity index (χ4n) is 2.85. The quantitative estimate of drug-likeness (QED) is 0.357. The van der Waals surface area contributed by atoms with Crippen molar-refractivity contribution in [1.82, 2.24) is 0 Å². The van der Waals surface area contributed by atoms with Crippen LogP contribution in [0.15, 0.2) is 23.4 Å². The zero-order valence-corrected chi connectivity index (χ0v) is 14.2. The minimum absolute atomic E-state index is 0.195. The fraction of sp³-hybridized carbons (Fsp3) is 0.684. The third-order valence-corrected chi connectivity index (χ3v) is 4.25. The molecular weight excluding hydrogens is 274 g/mol. The summed E-state index contributed by atoms with van der Waals surface area (Å²) in [5.41, 5.74) is 1.66. The van der Waals surface area contributed by atoms with Crippen LogP contribution < -0.4 is 0 Å². The molecule has 1 atom stereocenters. The van der Waals surface area contributed by atoms with Gasteiger partial charge in [-0.1, -0.05) is 82.0 Å². The molecule has 1 aromatic rings. The second kappa shape index (κ2) is 11.2. The third kappa shape index (κ3) is 7.06. The predicted octanol–water partition coefficient (Wildman–Crippen LogP) is 6.43. The SMILES string of the molecule is CCCCCCCCCCCC(N=O)c1ccc(C)cc1O. The standard InChI is InChI=1S/C19H31NO2/c1-3-4-5-6-7-8-9-10-11-12-18(20-22)17-14-13-16(2)15-19(17)21/h13-15,18,21H,3-12H2,1-2H3. The number of hydrogen-bond donors (Lipinski definition) is 1. The lowest BCUT2D eigenvalue weighted by Crippen LogP contribution is -1.96. The first-order chi connectivity index (χ1) is 10.7. The van der Waals surface area contributed by atoms with Crippen LogP contribution in [0.25, 0.3) is 0 Å². The number of phenolic OH excluding ortho intramolecular Hbond substituents is 1. The molecule has 3 nitrogen and oxygen atoms in total. The van der Waals surface area contributed by atoms with E-state index in [1.807, 2.05) is 19.1 Å². The number of nitrogens with zero attached hydrogens (tertiary/aromatic N) is 1. The van der Waals surface area contributed by atoms with E-state index in [1.165, 1.54) is 44.9 Å². The van der Waals surface area contributed by atoms with E-state index in [4.69, 9.17) is 0 Å². The summed E-state index contributed by atoms with van der Waals surface area (Å²) in [6.45, 7) is 4.16. The zero-order chi connectivity index (χ0) is 16.2. The van der Waals surface area contributed by atoms with Gasteiger partial charge in [-0.15, -0.1) is 0 Å². The molecule has 0 amide bonds. The van der Waals surface area contributed by atoms with E-state index in [-0.39, 0.29) is 5.75 Å². The molecule has 3 heteroatoms. The van der Waals surface area contributed by atoms with Crippen molar-refractivity contribution in [2.45, 2.75) is 84.1 Å². The first-order valence-corrected chi connectivity index (χ1v) is 8.81. The van der Waals surface area contributed by atoms with E-state index in [0.717, 1.165) is 24.8 Å². The van der Waals surface area contributed by atoms with Gasteiger partial charge in [0, 0.05) is 5.56 Å². The van der Waals surface area contributed by atoms with Gasteiger partial charge in [0.25, 0.3) is 0 Å². The van der Waals surface area contributed by atoms with Gasteiger partial charge < -0.3 is 5.11 Å². The number of benzene rings is 1. The lowest BCUT2D eigenvalue weighted by molar-refractivity contribution is 0.454. The van der Waals surface area contributed by atoms with Crippen molar-refractivity contribution in [3.8, 4) is 5.75 Å². The summed E-state index contributed by atoms with van der Waals surface area (Å²) in [4.78, 5) is 11.0. The van der Waals surface area contributed by atoms with Crippen LogP contribution in [0.1, 0.15) is 88.3 Å². The Labute approximate surface area is 135 Å². The van der Waals surface area contributed by atoms with E-state index in [9.17, 15) is 10.0 Å². The summed E-state index contributed by atoms with van der Waals surface area (Å²) in [6, 6.07) is 5.03. The first-order valence-electron chi connectivity index (χ1n) is 8.81. The highest BCUT2D eigenvalue weighted by Gasteiger charge is 2.15. The molecular formula is C19H31NO2. The summed E-state index contributed by atoms with van der Waals surface area (Å²) >= 11 is 0. The molecule has 0 aliphatic carbocycles. The number of aryl methyl sites for hydroxylation is 1. The van der Waals surface area contributed by atoms with Crippen molar-refractivity contribution in [3.05, 3.63) is 34.2 Å². The summed E-state index contributed by atoms with van der Waals surface area (Å²) in [5.74, 6) is 0.195. The monoisotopic (exact) mass is 305 g/mol. The molecule has 0 saturated heterocycles. The number of rotatable bonds is 12. The van der Waals surface area contributed by atoms with Crippen molar-refractivity contribution >= 4 is 0 Å². The van der Waals surface area contributed by atoms with Crippen molar-refractivity contribution in [2.24, 2.45) is 5.18 Å². The average Bonchev–Trinajstić information content (AvgIpc) is 2.50. The first kappa shape index (κ1) is 18.7. The summed E-state index contributed by atoms with van der Waals surface area (Å²) in [6.07, 6.45) is 12.1. The smallest absolute Gasteiger partial charge is 0.121 e. The molecule has 124 valence electrons. The van der Waals surface area contributed by atoms with Crippen LogP contribution in [0, 0.1) is 11.8 Å². The van der Waals surface area contributed by atoms with Gasteiger partial charge in [-0.3, -0.25) is 0 Å². The zero-order valence-electron chi connectivity index (χ0n) is 14.2. The minimum atomic E-state index is -0.412. The highest BCUT2D eigenvalue weighted by Crippen LogP contribution is 2.31. The van der Waals surface area contributed by atoms with E-state index in [0.29, 0.717) is 5.56 Å². The molecule has 0 saturated carbocycles. The van der Waals surface area contributed by atoms with Crippen LogP contribution in [0.2, 0.25) is 0 Å². The van der Waals surface area contributed by atoms with Crippen LogP contribution in [0.5, 0.6) is 5.75 Å². The molecule has 1 rings (SSSR count). The van der Waals surface area contributed by atoms with Gasteiger partial charge in [0.1, 0.15) is 11.8 Å². The van der Waals surface area contributed by atoms with Gasteiger partial charge in [-0.25, -0.2) is 0 Å². The van der Waals surface area contributed by atoms with Gasteiger partial charge >= 0.3 is 0 Å². The molecule has 0 spiro atoms. The van der Waals surface area contributed by atoms with Gasteiger partial charge in [0.2, 0.25) is 0 Å². The van der Waals surface area contributed by atoms with Gasteiger partial charge in [0.15, 0.2) is 0 Å². The maximum Gasteiger partial charge on any atom is 0.121 e. The van der Waals surface area contributed by atoms with Crippen LogP contribution in [0.3, 0.4) is 0 Å². The molecule has 0 fully saturated rings. The molecule has 0 bridgehead atoms. The van der Waals surface area contributed by atoms with Crippen molar-refractivity contribution in [1.29, 1.82) is 0 Å². The molecule has 1 unspecified atom stereocenters. The molecule has 1 aromatic carbocycles. The van der Waals surface area contributed by atoms with Crippen LogP contribution in [-0.2, 0) is 0 Å². The Bertz CT molecular complexity index is 431. The lowest BCUT2D eigenvalue weighted by atomic mass is 9.98. The molecule has 0 aliphatic heterocycles. The maximum atomic E-state index is 11.0. The van der Waals surface area contributed by atoms with E-state index in [1.54, 1.807) is 6.07 Å². The second-order valence-corrected chi connectivity index (χ2v) is 6.30. The van der Waals surface area contributed by atoms with Crippen molar-refractivity contribution < 1.29 is 5.11 Å². The number of hydrogen-bond acceptors (Lipinski definition) is 3. The highest BCUT2D eigenvalue weighted by atomic mass is 16.3. The average molecular weight is 305 g/mol. The van der Waals surface area contributed by atoms with Crippen LogP contribution in [-0.4, -0.2) is 5.11 Å². The van der Waals surface area contributed by atoms with Crippen molar-refractivity contribution in [2.75, 3.05) is 0 Å². The highest BCUT2D eigenvalue weighted by molar-refractivity contribution is 5.38. The topological polar surface area (TPSA) is 49.7 Å². The summed E-state index contributed by atoms with van der Waals surface area (Å²) in [5, 5.41) is 13.1. The van der Waals surface area contributed by atoms with E-state index >= 15 is 0 Å². The van der Waals surface area contributed by atoms with E-state index in [2.05, 4.69) is 12.1 Å². The van der Waals surface area contributed by atoms with E-state index < -0.39 is 6.04 Å². The number of unbranched alkanes of at least 4 members (excludes halogenated alkanes) is 8. The van der Waals surface area contributed by atoms with Crippen molar-refractivity contribution in [3.63, 3.8) is 0 Å². The fourth-order valence-corrected chi connectivity index (χ4v) is 2.85. The van der Waals surface area contributed by atoms with Gasteiger partial charge in [-0.2, -0.15) is 4.91 Å². The molecule has 0 aliphatic rings. The third-order valence-electron chi connectivity index (χ3n) is 4.25. The number of aromatic hydroxyl groups is 1. The molecule has 22 heavy (non-hydrogen) atoms.